The number of Topliss-reactive ketones (excluding diaryl/α,β-unsaturated/α-hetero) is 1. The Balaban J connectivity index is 2.17. The normalized spacial score (nSPS) is 24.9. The number of hydrogen-bond acceptors (Lipinski definition) is 3. The van der Waals surface area contributed by atoms with E-state index in [0.717, 1.165) is 0 Å². The Morgan fingerprint density at radius 3 is 2.80 bits per heavy atom. The van der Waals surface area contributed by atoms with E-state index >= 15 is 0 Å². The molecular weight excluding hydrogens is 268 g/mol. The predicted octanol–water partition coefficient (Wildman–Crippen LogP) is 2.19. The SMILES string of the molecule is CN1C(=O)c2cccc(OC(F)F)c2[C@H]2C[C@@H]1CC2=O. The van der Waals surface area contributed by atoms with Gasteiger partial charge in [-0.15, -0.1) is 0 Å². The van der Waals surface area contributed by atoms with Crippen molar-refractivity contribution < 1.29 is 23.1 Å². The molecule has 1 amide bonds. The lowest BCUT2D eigenvalue weighted by molar-refractivity contribution is -0.119. The second-order valence-electron chi connectivity index (χ2n) is 5.12. The smallest absolute Gasteiger partial charge is 0.387 e. The van der Waals surface area contributed by atoms with Crippen LogP contribution in [0.25, 0.3) is 0 Å². The van der Waals surface area contributed by atoms with E-state index in [-0.39, 0.29) is 35.5 Å². The van der Waals surface area contributed by atoms with Crippen LogP contribution in [0.4, 0.5) is 8.78 Å². The molecule has 1 saturated carbocycles. The molecular formula is C14H13F2NO3. The predicted molar refractivity (Wildman–Crippen MR) is 65.9 cm³/mol. The Morgan fingerprint density at radius 1 is 1.35 bits per heavy atom. The van der Waals surface area contributed by atoms with Crippen LogP contribution in [0.5, 0.6) is 5.75 Å². The van der Waals surface area contributed by atoms with Crippen molar-refractivity contribution in [2.45, 2.75) is 31.4 Å². The molecule has 20 heavy (non-hydrogen) atoms. The molecule has 0 spiro atoms. The Kier molecular flexibility index (Phi) is 2.96. The minimum absolute atomic E-state index is 0.0269. The fourth-order valence-corrected chi connectivity index (χ4v) is 3.08. The molecule has 106 valence electrons. The third-order valence-electron chi connectivity index (χ3n) is 4.06. The zero-order chi connectivity index (χ0) is 14.4. The first kappa shape index (κ1) is 13.0. The van der Waals surface area contributed by atoms with Crippen LogP contribution in [-0.2, 0) is 4.79 Å². The fraction of sp³-hybridized carbons (Fsp3) is 0.429. The number of rotatable bonds is 2. The number of fused-ring (bicyclic) bond motifs is 4. The van der Waals surface area contributed by atoms with Gasteiger partial charge in [-0.1, -0.05) is 6.07 Å². The number of halogens is 2. The number of benzene rings is 1. The van der Waals surface area contributed by atoms with Gasteiger partial charge in [0.05, 0.1) is 0 Å². The summed E-state index contributed by atoms with van der Waals surface area (Å²) in [5.74, 6) is -0.875. The molecule has 0 unspecified atom stereocenters. The van der Waals surface area contributed by atoms with Crippen molar-refractivity contribution in [3.8, 4) is 5.75 Å². The quantitative estimate of drug-likeness (QED) is 0.834. The first-order chi connectivity index (χ1) is 9.49. The number of hydrogen-bond donors (Lipinski definition) is 0. The Bertz CT molecular complexity index is 588. The summed E-state index contributed by atoms with van der Waals surface area (Å²) in [6.45, 7) is -2.98. The van der Waals surface area contributed by atoms with Gasteiger partial charge in [-0.05, 0) is 18.6 Å². The van der Waals surface area contributed by atoms with Gasteiger partial charge in [0.15, 0.2) is 0 Å². The van der Waals surface area contributed by atoms with E-state index in [1.807, 2.05) is 0 Å². The van der Waals surface area contributed by atoms with Crippen LogP contribution in [0.3, 0.4) is 0 Å². The van der Waals surface area contributed by atoms with Gasteiger partial charge in [0.25, 0.3) is 5.91 Å². The van der Waals surface area contributed by atoms with Crippen molar-refractivity contribution in [2.24, 2.45) is 0 Å². The van der Waals surface area contributed by atoms with E-state index in [0.29, 0.717) is 12.0 Å². The number of ether oxygens (including phenoxy) is 1. The molecule has 2 bridgehead atoms. The zero-order valence-corrected chi connectivity index (χ0v) is 10.8. The largest absolute Gasteiger partial charge is 0.434 e. The molecule has 0 radical (unpaired) electrons. The van der Waals surface area contributed by atoms with E-state index < -0.39 is 12.5 Å². The zero-order valence-electron chi connectivity index (χ0n) is 10.8. The standard InChI is InChI=1S/C14H13F2NO3/c1-17-7-5-9(10(18)6-7)12-8(13(17)19)3-2-4-11(12)20-14(15)16/h2-4,7,9,14H,5-6H2,1H3/t7-,9+/m1/s1. The van der Waals surface area contributed by atoms with Crippen LogP contribution in [-0.4, -0.2) is 36.3 Å². The van der Waals surface area contributed by atoms with Crippen molar-refractivity contribution in [2.75, 3.05) is 7.05 Å². The van der Waals surface area contributed by atoms with Crippen molar-refractivity contribution in [1.82, 2.24) is 4.90 Å². The number of ketones is 1. The van der Waals surface area contributed by atoms with Gasteiger partial charge in [0.2, 0.25) is 0 Å². The Hall–Kier alpha value is -1.98. The lowest BCUT2D eigenvalue weighted by atomic mass is 9.91. The van der Waals surface area contributed by atoms with Crippen LogP contribution in [0.15, 0.2) is 18.2 Å². The molecule has 3 rings (SSSR count). The molecule has 1 fully saturated rings. The Labute approximate surface area is 114 Å². The van der Waals surface area contributed by atoms with Crippen LogP contribution in [0, 0.1) is 0 Å². The van der Waals surface area contributed by atoms with Gasteiger partial charge >= 0.3 is 6.61 Å². The highest BCUT2D eigenvalue weighted by Crippen LogP contribution is 2.43. The van der Waals surface area contributed by atoms with E-state index in [1.165, 1.54) is 17.0 Å². The van der Waals surface area contributed by atoms with Gasteiger partial charge in [0.1, 0.15) is 11.5 Å². The molecule has 1 aromatic rings. The molecule has 6 heteroatoms. The summed E-state index contributed by atoms with van der Waals surface area (Å²) in [6.07, 6.45) is 0.743. The number of nitrogens with zero attached hydrogens (tertiary/aromatic N) is 1. The van der Waals surface area contributed by atoms with E-state index in [4.69, 9.17) is 0 Å². The van der Waals surface area contributed by atoms with Crippen molar-refractivity contribution in [3.05, 3.63) is 29.3 Å². The monoisotopic (exact) mass is 281 g/mol. The number of carbonyl (C=O) groups excluding carboxylic acids is 2. The van der Waals surface area contributed by atoms with E-state index in [2.05, 4.69) is 4.74 Å². The minimum atomic E-state index is -2.98. The topological polar surface area (TPSA) is 46.6 Å². The number of alkyl halides is 2. The summed E-state index contributed by atoms with van der Waals surface area (Å²) in [4.78, 5) is 25.9. The first-order valence-electron chi connectivity index (χ1n) is 6.36. The summed E-state index contributed by atoms with van der Waals surface area (Å²) in [6, 6.07) is 4.27. The highest BCUT2D eigenvalue weighted by atomic mass is 19.3. The minimum Gasteiger partial charge on any atom is -0.434 e. The molecule has 4 nitrogen and oxygen atoms in total. The highest BCUT2D eigenvalue weighted by Gasteiger charge is 2.44. The molecule has 1 aliphatic carbocycles. The molecule has 1 heterocycles. The summed E-state index contributed by atoms with van der Waals surface area (Å²) in [7, 11) is 1.64. The second-order valence-corrected chi connectivity index (χ2v) is 5.12. The van der Waals surface area contributed by atoms with Crippen molar-refractivity contribution >= 4 is 11.7 Å². The average molecular weight is 281 g/mol. The van der Waals surface area contributed by atoms with Crippen LogP contribution in [0.1, 0.15) is 34.7 Å². The molecule has 1 aliphatic heterocycles. The van der Waals surface area contributed by atoms with Gasteiger partial charge in [-0.3, -0.25) is 9.59 Å². The Morgan fingerprint density at radius 2 is 2.10 bits per heavy atom. The van der Waals surface area contributed by atoms with Crippen LogP contribution < -0.4 is 4.74 Å². The number of carbonyl (C=O) groups is 2. The second kappa shape index (κ2) is 4.54. The van der Waals surface area contributed by atoms with Crippen LogP contribution >= 0.6 is 0 Å². The number of amides is 1. The average Bonchev–Trinajstić information content (AvgIpc) is 2.73. The molecule has 0 N–H and O–H groups in total. The molecule has 2 aliphatic rings. The van der Waals surface area contributed by atoms with Crippen LogP contribution in [0.2, 0.25) is 0 Å². The molecule has 2 atom stereocenters. The maximum Gasteiger partial charge on any atom is 0.387 e. The van der Waals surface area contributed by atoms with Gasteiger partial charge in [-0.25, -0.2) is 0 Å². The van der Waals surface area contributed by atoms with E-state index in [9.17, 15) is 18.4 Å². The summed E-state index contributed by atoms with van der Waals surface area (Å²) >= 11 is 0. The summed E-state index contributed by atoms with van der Waals surface area (Å²) < 4.78 is 29.5. The third-order valence-corrected chi connectivity index (χ3v) is 4.06. The summed E-state index contributed by atoms with van der Waals surface area (Å²) in [5, 5.41) is 0. The van der Waals surface area contributed by atoms with Gasteiger partial charge in [0, 0.05) is 36.6 Å². The highest BCUT2D eigenvalue weighted by molar-refractivity contribution is 6.02. The van der Waals surface area contributed by atoms with E-state index in [1.54, 1.807) is 13.1 Å². The maximum absolute atomic E-state index is 12.5. The fourth-order valence-electron chi connectivity index (χ4n) is 3.08. The lowest BCUT2D eigenvalue weighted by Crippen LogP contribution is -2.35. The third kappa shape index (κ3) is 1.87. The van der Waals surface area contributed by atoms with Crippen molar-refractivity contribution in [1.29, 1.82) is 0 Å². The van der Waals surface area contributed by atoms with Gasteiger partial charge in [-0.2, -0.15) is 8.78 Å². The molecule has 1 aromatic carbocycles. The van der Waals surface area contributed by atoms with Gasteiger partial charge < -0.3 is 9.64 Å². The summed E-state index contributed by atoms with van der Waals surface area (Å²) in [5.41, 5.74) is 0.598. The molecule has 0 aromatic heterocycles. The molecule has 0 saturated heterocycles. The maximum atomic E-state index is 12.5. The lowest BCUT2D eigenvalue weighted by Gasteiger charge is -2.23. The first-order valence-corrected chi connectivity index (χ1v) is 6.36. The van der Waals surface area contributed by atoms with Crippen molar-refractivity contribution in [3.63, 3.8) is 0 Å².